The van der Waals surface area contributed by atoms with E-state index in [1.54, 1.807) is 12.1 Å². The Bertz CT molecular complexity index is 417. The minimum atomic E-state index is -1.02. The highest BCUT2D eigenvalue weighted by Crippen LogP contribution is 2.31. The van der Waals surface area contributed by atoms with Gasteiger partial charge in [0.1, 0.15) is 5.78 Å². The van der Waals surface area contributed by atoms with Crippen molar-refractivity contribution in [2.45, 2.75) is 11.8 Å². The van der Waals surface area contributed by atoms with Gasteiger partial charge in [-0.1, -0.05) is 22.0 Å². The van der Waals surface area contributed by atoms with Gasteiger partial charge >= 0.3 is 5.97 Å². The molecule has 0 aromatic heterocycles. The molecule has 1 rings (SSSR count). The molecule has 80 valence electrons. The van der Waals surface area contributed by atoms with E-state index in [0.717, 1.165) is 3.57 Å². The molecule has 15 heavy (non-hydrogen) atoms. The number of hydrogen-bond donors (Lipinski definition) is 1. The predicted molar refractivity (Wildman–Crippen MR) is 68.5 cm³/mol. The zero-order valence-electron chi connectivity index (χ0n) is 7.83. The molecule has 0 aliphatic rings. The molecule has 0 heterocycles. The molecule has 1 aromatic rings. The fourth-order valence-corrected chi connectivity index (χ4v) is 2.92. The average molecular weight is 383 g/mol. The summed E-state index contributed by atoms with van der Waals surface area (Å²) in [5, 5.41) is 8.99. The highest BCUT2D eigenvalue weighted by molar-refractivity contribution is 14.1. The third kappa shape index (κ3) is 2.78. The highest BCUT2D eigenvalue weighted by atomic mass is 127. The predicted octanol–water partition coefficient (Wildman–Crippen LogP) is 3.01. The van der Waals surface area contributed by atoms with Crippen LogP contribution in [-0.4, -0.2) is 16.9 Å². The third-order valence-corrected chi connectivity index (χ3v) is 3.94. The standard InChI is InChI=1S/C10H8BrIO3/c1-5(13)9(11)8-6(10(14)15)3-2-4-7(8)12/h2-4,9H,1H3,(H,14,15). The first-order chi connectivity index (χ1) is 6.95. The lowest BCUT2D eigenvalue weighted by atomic mass is 10.0. The smallest absolute Gasteiger partial charge is 0.336 e. The molecule has 3 nitrogen and oxygen atoms in total. The summed E-state index contributed by atoms with van der Waals surface area (Å²) >= 11 is 5.22. The maximum Gasteiger partial charge on any atom is 0.336 e. The van der Waals surface area contributed by atoms with Crippen LogP contribution in [0.25, 0.3) is 0 Å². The molecular formula is C10H8BrIO3. The summed E-state index contributed by atoms with van der Waals surface area (Å²) in [6.07, 6.45) is 0. The molecule has 0 spiro atoms. The van der Waals surface area contributed by atoms with Crippen molar-refractivity contribution < 1.29 is 14.7 Å². The Balaban J connectivity index is 3.37. The van der Waals surface area contributed by atoms with E-state index >= 15 is 0 Å². The van der Waals surface area contributed by atoms with Crippen molar-refractivity contribution in [2.75, 3.05) is 0 Å². The second kappa shape index (κ2) is 5.07. The van der Waals surface area contributed by atoms with E-state index in [2.05, 4.69) is 15.9 Å². The molecule has 5 heteroatoms. The molecule has 0 bridgehead atoms. The lowest BCUT2D eigenvalue weighted by molar-refractivity contribution is -0.116. The van der Waals surface area contributed by atoms with Crippen LogP contribution >= 0.6 is 38.5 Å². The molecule has 0 radical (unpaired) electrons. The van der Waals surface area contributed by atoms with Crippen molar-refractivity contribution in [3.8, 4) is 0 Å². The van der Waals surface area contributed by atoms with Crippen molar-refractivity contribution in [1.29, 1.82) is 0 Å². The van der Waals surface area contributed by atoms with E-state index in [-0.39, 0.29) is 11.3 Å². The van der Waals surface area contributed by atoms with Gasteiger partial charge in [0.05, 0.1) is 10.4 Å². The van der Waals surface area contributed by atoms with Crippen LogP contribution < -0.4 is 0 Å². The topological polar surface area (TPSA) is 54.4 Å². The van der Waals surface area contributed by atoms with E-state index in [1.165, 1.54) is 13.0 Å². The zero-order chi connectivity index (χ0) is 11.6. The number of aromatic carboxylic acids is 1. The van der Waals surface area contributed by atoms with Crippen LogP contribution in [0.1, 0.15) is 27.7 Å². The average Bonchev–Trinajstić information content (AvgIpc) is 2.16. The molecule has 1 aromatic carbocycles. The van der Waals surface area contributed by atoms with E-state index in [9.17, 15) is 9.59 Å². The van der Waals surface area contributed by atoms with Crippen LogP contribution in [0.4, 0.5) is 0 Å². The number of hydrogen-bond acceptors (Lipinski definition) is 2. The van der Waals surface area contributed by atoms with E-state index < -0.39 is 10.8 Å². The number of benzene rings is 1. The van der Waals surface area contributed by atoms with Gasteiger partial charge < -0.3 is 5.11 Å². The second-order valence-corrected chi connectivity index (χ2v) is 5.06. The summed E-state index contributed by atoms with van der Waals surface area (Å²) in [7, 11) is 0. The normalized spacial score (nSPS) is 12.2. The molecule has 0 aliphatic heterocycles. The number of carbonyl (C=O) groups excluding carboxylic acids is 1. The lowest BCUT2D eigenvalue weighted by Gasteiger charge is -2.12. The Kier molecular flexibility index (Phi) is 4.27. The van der Waals surface area contributed by atoms with Gasteiger partial charge in [-0.3, -0.25) is 4.79 Å². The van der Waals surface area contributed by atoms with Crippen LogP contribution in [0.3, 0.4) is 0 Å². The minimum absolute atomic E-state index is 0.110. The summed E-state index contributed by atoms with van der Waals surface area (Å²) in [5.74, 6) is -1.13. The maximum absolute atomic E-state index is 11.2. The highest BCUT2D eigenvalue weighted by Gasteiger charge is 2.22. The first-order valence-corrected chi connectivity index (χ1v) is 6.10. The first-order valence-electron chi connectivity index (χ1n) is 4.11. The molecule has 0 amide bonds. The maximum atomic E-state index is 11.2. The SMILES string of the molecule is CC(=O)C(Br)c1c(I)cccc1C(=O)O. The van der Waals surface area contributed by atoms with Crippen LogP contribution in [0.2, 0.25) is 0 Å². The number of ketones is 1. The molecule has 1 atom stereocenters. The summed E-state index contributed by atoms with van der Waals surface area (Å²) in [6.45, 7) is 1.42. The van der Waals surface area contributed by atoms with Gasteiger partial charge in [-0.2, -0.15) is 0 Å². The van der Waals surface area contributed by atoms with E-state index in [0.29, 0.717) is 5.56 Å². The molecule has 0 saturated heterocycles. The van der Waals surface area contributed by atoms with Crippen LogP contribution in [0.5, 0.6) is 0 Å². The third-order valence-electron chi connectivity index (χ3n) is 1.89. The van der Waals surface area contributed by atoms with Gasteiger partial charge in [0, 0.05) is 9.13 Å². The minimum Gasteiger partial charge on any atom is -0.478 e. The Morgan fingerprint density at radius 3 is 2.53 bits per heavy atom. The van der Waals surface area contributed by atoms with Crippen LogP contribution in [0, 0.1) is 3.57 Å². The first kappa shape index (κ1) is 12.6. The van der Waals surface area contributed by atoms with Crippen molar-refractivity contribution in [3.63, 3.8) is 0 Å². The van der Waals surface area contributed by atoms with Crippen molar-refractivity contribution in [2.24, 2.45) is 0 Å². The van der Waals surface area contributed by atoms with E-state index in [4.69, 9.17) is 5.11 Å². The number of carboxylic acids is 1. The second-order valence-electron chi connectivity index (χ2n) is 2.98. The molecule has 0 saturated carbocycles. The number of carboxylic acid groups (broad SMARTS) is 1. The largest absolute Gasteiger partial charge is 0.478 e. The molecule has 1 N–H and O–H groups in total. The number of Topliss-reactive ketones (excluding diaryl/α,β-unsaturated/α-hetero) is 1. The fourth-order valence-electron chi connectivity index (χ4n) is 1.18. The number of halogens is 2. The van der Waals surface area contributed by atoms with Crippen molar-refractivity contribution in [1.82, 2.24) is 0 Å². The Morgan fingerprint density at radius 1 is 1.47 bits per heavy atom. The molecular weight excluding hydrogens is 375 g/mol. The summed E-state index contributed by atoms with van der Waals surface area (Å²) in [4.78, 5) is 21.6. The fraction of sp³-hybridized carbons (Fsp3) is 0.200. The molecule has 1 unspecified atom stereocenters. The van der Waals surface area contributed by atoms with Crippen LogP contribution in [-0.2, 0) is 4.79 Å². The Labute approximate surface area is 109 Å². The summed E-state index contributed by atoms with van der Waals surface area (Å²) in [5.41, 5.74) is 0.692. The number of alkyl halides is 1. The molecule has 0 aliphatic carbocycles. The van der Waals surface area contributed by atoms with Gasteiger partial charge in [0.15, 0.2) is 0 Å². The van der Waals surface area contributed by atoms with Gasteiger partial charge in [0.2, 0.25) is 0 Å². The Hall–Kier alpha value is -0.430. The lowest BCUT2D eigenvalue weighted by Crippen LogP contribution is -2.10. The monoisotopic (exact) mass is 382 g/mol. The summed E-state index contributed by atoms with van der Waals surface area (Å²) in [6, 6.07) is 4.94. The van der Waals surface area contributed by atoms with E-state index in [1.807, 2.05) is 22.6 Å². The van der Waals surface area contributed by atoms with Gasteiger partial charge in [-0.25, -0.2) is 4.79 Å². The molecule has 0 fully saturated rings. The number of rotatable bonds is 3. The zero-order valence-corrected chi connectivity index (χ0v) is 11.6. The summed E-state index contributed by atoms with van der Waals surface area (Å²) < 4.78 is 0.768. The van der Waals surface area contributed by atoms with Gasteiger partial charge in [0.25, 0.3) is 0 Å². The Morgan fingerprint density at radius 2 is 2.07 bits per heavy atom. The number of carbonyl (C=O) groups is 2. The van der Waals surface area contributed by atoms with Gasteiger partial charge in [-0.15, -0.1) is 0 Å². The van der Waals surface area contributed by atoms with Crippen molar-refractivity contribution in [3.05, 3.63) is 32.9 Å². The van der Waals surface area contributed by atoms with Crippen LogP contribution in [0.15, 0.2) is 18.2 Å². The van der Waals surface area contributed by atoms with Crippen molar-refractivity contribution >= 4 is 50.3 Å². The van der Waals surface area contributed by atoms with Gasteiger partial charge in [-0.05, 0) is 41.6 Å². The quantitative estimate of drug-likeness (QED) is 0.645.